The zero-order chi connectivity index (χ0) is 13.5. The molecule has 96 valence electrons. The predicted octanol–water partition coefficient (Wildman–Crippen LogP) is 1.03. The fraction of sp³-hybridized carbons (Fsp3) is 0.455. The molecule has 0 aromatic carbocycles. The SMILES string of the molecule is C=CCNC(=O)OC(O)(C=C(C)C(=O)O)CC. The van der Waals surface area contributed by atoms with Gasteiger partial charge in [-0.25, -0.2) is 9.59 Å². The molecule has 0 saturated heterocycles. The van der Waals surface area contributed by atoms with E-state index in [1.807, 2.05) is 0 Å². The molecule has 0 radical (unpaired) electrons. The van der Waals surface area contributed by atoms with E-state index in [4.69, 9.17) is 9.84 Å². The summed E-state index contributed by atoms with van der Waals surface area (Å²) in [5, 5.41) is 20.8. The van der Waals surface area contributed by atoms with Gasteiger partial charge in [0, 0.05) is 18.5 Å². The van der Waals surface area contributed by atoms with E-state index in [1.54, 1.807) is 6.92 Å². The molecule has 0 aliphatic carbocycles. The van der Waals surface area contributed by atoms with E-state index in [-0.39, 0.29) is 18.5 Å². The van der Waals surface area contributed by atoms with Crippen molar-refractivity contribution in [3.05, 3.63) is 24.3 Å². The Hall–Kier alpha value is -1.82. The van der Waals surface area contributed by atoms with Gasteiger partial charge in [-0.15, -0.1) is 6.58 Å². The van der Waals surface area contributed by atoms with Crippen LogP contribution in [0.4, 0.5) is 4.79 Å². The fourth-order valence-electron chi connectivity index (χ4n) is 0.956. The van der Waals surface area contributed by atoms with Crippen molar-refractivity contribution in [2.45, 2.75) is 26.1 Å². The number of rotatable bonds is 6. The highest BCUT2D eigenvalue weighted by Gasteiger charge is 2.27. The highest BCUT2D eigenvalue weighted by atomic mass is 16.7. The number of hydrogen-bond acceptors (Lipinski definition) is 4. The third-order valence-electron chi connectivity index (χ3n) is 1.95. The smallest absolute Gasteiger partial charge is 0.410 e. The predicted molar refractivity (Wildman–Crippen MR) is 61.3 cm³/mol. The fourth-order valence-corrected chi connectivity index (χ4v) is 0.956. The minimum Gasteiger partial charge on any atom is -0.478 e. The zero-order valence-electron chi connectivity index (χ0n) is 9.90. The Kier molecular flexibility index (Phi) is 5.98. The van der Waals surface area contributed by atoms with Crippen molar-refractivity contribution in [3.8, 4) is 0 Å². The van der Waals surface area contributed by atoms with Gasteiger partial charge in [-0.05, 0) is 13.0 Å². The van der Waals surface area contributed by atoms with Crippen molar-refractivity contribution in [2.24, 2.45) is 0 Å². The van der Waals surface area contributed by atoms with Crippen LogP contribution in [0.2, 0.25) is 0 Å². The van der Waals surface area contributed by atoms with Gasteiger partial charge in [-0.1, -0.05) is 13.0 Å². The summed E-state index contributed by atoms with van der Waals surface area (Å²) in [6, 6.07) is 0. The number of nitrogens with one attached hydrogen (secondary N) is 1. The summed E-state index contributed by atoms with van der Waals surface area (Å²) in [6.45, 7) is 6.45. The molecule has 6 nitrogen and oxygen atoms in total. The summed E-state index contributed by atoms with van der Waals surface area (Å²) in [5.41, 5.74) is -0.106. The molecule has 0 rings (SSSR count). The van der Waals surface area contributed by atoms with Gasteiger partial charge in [-0.2, -0.15) is 0 Å². The highest BCUT2D eigenvalue weighted by Crippen LogP contribution is 2.16. The molecule has 6 heteroatoms. The number of aliphatic hydroxyl groups is 1. The van der Waals surface area contributed by atoms with Crippen LogP contribution in [-0.2, 0) is 9.53 Å². The molecule has 3 N–H and O–H groups in total. The highest BCUT2D eigenvalue weighted by molar-refractivity contribution is 5.86. The lowest BCUT2D eigenvalue weighted by atomic mass is 10.1. The molecule has 17 heavy (non-hydrogen) atoms. The second-order valence-electron chi connectivity index (χ2n) is 3.39. The van der Waals surface area contributed by atoms with Crippen molar-refractivity contribution >= 4 is 12.1 Å². The number of aliphatic carboxylic acids is 1. The van der Waals surface area contributed by atoms with Crippen molar-refractivity contribution in [3.63, 3.8) is 0 Å². The molecule has 0 aromatic heterocycles. The summed E-state index contributed by atoms with van der Waals surface area (Å²) >= 11 is 0. The molecule has 1 unspecified atom stereocenters. The first-order valence-corrected chi connectivity index (χ1v) is 5.07. The Bertz CT molecular complexity index is 337. The van der Waals surface area contributed by atoms with Crippen LogP contribution in [0.1, 0.15) is 20.3 Å². The molecule has 0 saturated carbocycles. The Labute approximate surface area is 99.6 Å². The van der Waals surface area contributed by atoms with Crippen LogP contribution >= 0.6 is 0 Å². The lowest BCUT2D eigenvalue weighted by molar-refractivity contribution is -0.136. The van der Waals surface area contributed by atoms with E-state index in [2.05, 4.69) is 11.9 Å². The van der Waals surface area contributed by atoms with Gasteiger partial charge in [0.15, 0.2) is 0 Å². The molecule has 1 amide bonds. The zero-order valence-corrected chi connectivity index (χ0v) is 9.90. The Morgan fingerprint density at radius 2 is 2.12 bits per heavy atom. The summed E-state index contributed by atoms with van der Waals surface area (Å²) in [7, 11) is 0. The van der Waals surface area contributed by atoms with Gasteiger partial charge in [-0.3, -0.25) is 0 Å². The monoisotopic (exact) mass is 243 g/mol. The first-order chi connectivity index (χ1) is 7.84. The number of amides is 1. The maximum Gasteiger partial charge on any atom is 0.410 e. The van der Waals surface area contributed by atoms with Gasteiger partial charge in [0.1, 0.15) is 0 Å². The van der Waals surface area contributed by atoms with Crippen molar-refractivity contribution < 1.29 is 24.5 Å². The number of carbonyl (C=O) groups is 2. The van der Waals surface area contributed by atoms with Crippen molar-refractivity contribution in [1.29, 1.82) is 0 Å². The maximum atomic E-state index is 11.2. The van der Waals surface area contributed by atoms with Crippen LogP contribution in [0, 0.1) is 0 Å². The second kappa shape index (κ2) is 6.70. The van der Waals surface area contributed by atoms with Gasteiger partial charge in [0.25, 0.3) is 0 Å². The molecule has 0 aromatic rings. The molecule has 0 heterocycles. The Morgan fingerprint density at radius 1 is 1.53 bits per heavy atom. The first-order valence-electron chi connectivity index (χ1n) is 5.07. The number of ether oxygens (including phenoxy) is 1. The van der Waals surface area contributed by atoms with Gasteiger partial charge < -0.3 is 20.3 Å². The maximum absolute atomic E-state index is 11.2. The third-order valence-corrected chi connectivity index (χ3v) is 1.95. The molecule has 1 atom stereocenters. The average molecular weight is 243 g/mol. The van der Waals surface area contributed by atoms with Crippen LogP contribution in [0.3, 0.4) is 0 Å². The number of carbonyl (C=O) groups excluding carboxylic acids is 1. The number of hydrogen-bond donors (Lipinski definition) is 3. The third kappa shape index (κ3) is 5.72. The van der Waals surface area contributed by atoms with Gasteiger partial charge in [0.05, 0.1) is 0 Å². The van der Waals surface area contributed by atoms with Crippen LogP contribution in [0.15, 0.2) is 24.3 Å². The van der Waals surface area contributed by atoms with E-state index in [0.29, 0.717) is 0 Å². The molecular weight excluding hydrogens is 226 g/mol. The number of carboxylic acid groups (broad SMARTS) is 1. The Morgan fingerprint density at radius 3 is 2.53 bits per heavy atom. The molecule has 0 aliphatic heterocycles. The van der Waals surface area contributed by atoms with E-state index >= 15 is 0 Å². The molecule has 0 fully saturated rings. The molecule has 0 aliphatic rings. The quantitative estimate of drug-likeness (QED) is 0.368. The van der Waals surface area contributed by atoms with Gasteiger partial charge in [0.2, 0.25) is 5.79 Å². The summed E-state index contributed by atoms with van der Waals surface area (Å²) < 4.78 is 4.73. The molecule has 0 bridgehead atoms. The first kappa shape index (κ1) is 15.2. The standard InChI is InChI=1S/C11H17NO5/c1-4-6-12-10(15)17-11(16,5-2)7-8(3)9(13)14/h4,7,16H,1,5-6H2,2-3H3,(H,12,15)(H,13,14). The van der Waals surface area contributed by atoms with Crippen LogP contribution in [-0.4, -0.2) is 34.6 Å². The Balaban J connectivity index is 4.68. The summed E-state index contributed by atoms with van der Waals surface area (Å²) in [5.74, 6) is -3.11. The number of alkyl carbamates (subject to hydrolysis) is 1. The second-order valence-corrected chi connectivity index (χ2v) is 3.39. The van der Waals surface area contributed by atoms with Crippen molar-refractivity contribution in [1.82, 2.24) is 5.32 Å². The van der Waals surface area contributed by atoms with Crippen molar-refractivity contribution in [2.75, 3.05) is 6.54 Å². The summed E-state index contributed by atoms with van der Waals surface area (Å²) in [4.78, 5) is 21.8. The van der Waals surface area contributed by atoms with Crippen LogP contribution < -0.4 is 5.32 Å². The summed E-state index contributed by atoms with van der Waals surface area (Å²) in [6.07, 6.45) is 1.63. The minimum atomic E-state index is -1.92. The van der Waals surface area contributed by atoms with Gasteiger partial charge >= 0.3 is 12.1 Å². The van der Waals surface area contributed by atoms with E-state index in [9.17, 15) is 14.7 Å². The topological polar surface area (TPSA) is 95.9 Å². The average Bonchev–Trinajstić information content (AvgIpc) is 2.25. The van der Waals surface area contributed by atoms with Crippen LogP contribution in [0.5, 0.6) is 0 Å². The number of carboxylic acids is 1. The van der Waals surface area contributed by atoms with E-state index < -0.39 is 17.8 Å². The van der Waals surface area contributed by atoms with E-state index in [1.165, 1.54) is 13.0 Å². The normalized spacial score (nSPS) is 14.6. The molecular formula is C11H17NO5. The lowest BCUT2D eigenvalue weighted by Crippen LogP contribution is -2.37. The largest absolute Gasteiger partial charge is 0.478 e. The molecule has 0 spiro atoms. The lowest BCUT2D eigenvalue weighted by Gasteiger charge is -2.23. The van der Waals surface area contributed by atoms with Crippen LogP contribution in [0.25, 0.3) is 0 Å². The van der Waals surface area contributed by atoms with E-state index in [0.717, 1.165) is 6.08 Å². The minimum absolute atomic E-state index is 0.0408.